The second-order valence-electron chi connectivity index (χ2n) is 8.24. The smallest absolute Gasteiger partial charge is 0.258 e. The standard InChI is InChI=1S/C22H31N3O4/c26-21(15-28-19-7-2-1-3-8-19)23-13-20-14-25(22(27)16-29-20)18-9-11-24(12-10-18)17-5-4-6-17/h1-3,7-8,17-18,20H,4-6,9-16H2,(H,23,26)/t20-/m1/s1. The third-order valence-corrected chi connectivity index (χ3v) is 6.33. The Morgan fingerprint density at radius 3 is 2.55 bits per heavy atom. The average Bonchev–Trinajstić information content (AvgIpc) is 2.72. The lowest BCUT2D eigenvalue weighted by Crippen LogP contribution is -2.57. The van der Waals surface area contributed by atoms with E-state index in [1.807, 2.05) is 35.2 Å². The number of nitrogens with zero attached hydrogens (tertiary/aromatic N) is 2. The summed E-state index contributed by atoms with van der Waals surface area (Å²) in [5, 5.41) is 2.86. The van der Waals surface area contributed by atoms with Gasteiger partial charge in [-0.15, -0.1) is 0 Å². The number of carbonyl (C=O) groups is 2. The van der Waals surface area contributed by atoms with E-state index in [1.54, 1.807) is 0 Å². The molecule has 2 amide bonds. The molecule has 1 aromatic rings. The van der Waals surface area contributed by atoms with Crippen molar-refractivity contribution >= 4 is 11.8 Å². The summed E-state index contributed by atoms with van der Waals surface area (Å²) in [4.78, 5) is 29.0. The van der Waals surface area contributed by atoms with E-state index in [1.165, 1.54) is 19.3 Å². The van der Waals surface area contributed by atoms with Gasteiger partial charge in [0.1, 0.15) is 12.4 Å². The molecule has 0 aromatic heterocycles. The number of ether oxygens (including phenoxy) is 2. The van der Waals surface area contributed by atoms with Crippen molar-refractivity contribution in [1.29, 1.82) is 0 Å². The lowest BCUT2D eigenvalue weighted by atomic mass is 9.89. The number of hydrogen-bond donors (Lipinski definition) is 1. The summed E-state index contributed by atoms with van der Waals surface area (Å²) in [5.74, 6) is 0.554. The summed E-state index contributed by atoms with van der Waals surface area (Å²) < 4.78 is 11.1. The molecule has 1 aliphatic carbocycles. The quantitative estimate of drug-likeness (QED) is 0.748. The van der Waals surface area contributed by atoms with E-state index in [4.69, 9.17) is 9.47 Å². The number of carbonyl (C=O) groups excluding carboxylic acids is 2. The second-order valence-corrected chi connectivity index (χ2v) is 8.24. The number of piperidine rings is 1. The Bertz CT molecular complexity index is 687. The Morgan fingerprint density at radius 2 is 1.86 bits per heavy atom. The van der Waals surface area contributed by atoms with Crippen molar-refractivity contribution in [2.45, 2.75) is 50.3 Å². The van der Waals surface area contributed by atoms with E-state index in [9.17, 15) is 9.59 Å². The van der Waals surface area contributed by atoms with E-state index in [0.717, 1.165) is 32.0 Å². The number of rotatable bonds is 7. The van der Waals surface area contributed by atoms with Gasteiger partial charge in [0.15, 0.2) is 6.61 Å². The molecule has 7 nitrogen and oxygen atoms in total. The molecule has 2 saturated heterocycles. The first kappa shape index (κ1) is 20.2. The molecule has 158 valence electrons. The van der Waals surface area contributed by atoms with Crippen LogP contribution in [0.1, 0.15) is 32.1 Å². The summed E-state index contributed by atoms with van der Waals surface area (Å²) in [6.45, 7) is 3.17. The van der Waals surface area contributed by atoms with E-state index in [2.05, 4.69) is 10.2 Å². The van der Waals surface area contributed by atoms with Crippen LogP contribution in [0.2, 0.25) is 0 Å². The minimum Gasteiger partial charge on any atom is -0.484 e. The molecule has 1 saturated carbocycles. The summed E-state index contributed by atoms with van der Waals surface area (Å²) in [5.41, 5.74) is 0. The summed E-state index contributed by atoms with van der Waals surface area (Å²) in [6, 6.07) is 10.3. The molecule has 1 atom stereocenters. The first-order chi connectivity index (χ1) is 14.2. The van der Waals surface area contributed by atoms with E-state index in [0.29, 0.717) is 24.9 Å². The van der Waals surface area contributed by atoms with Gasteiger partial charge in [-0.05, 0) is 37.8 Å². The van der Waals surface area contributed by atoms with Crippen molar-refractivity contribution in [3.63, 3.8) is 0 Å². The van der Waals surface area contributed by atoms with Gasteiger partial charge >= 0.3 is 0 Å². The number of likely N-dealkylation sites (tertiary alicyclic amines) is 1. The van der Waals surface area contributed by atoms with Crippen LogP contribution in [0.4, 0.5) is 0 Å². The largest absolute Gasteiger partial charge is 0.484 e. The monoisotopic (exact) mass is 401 g/mol. The fraction of sp³-hybridized carbons (Fsp3) is 0.636. The van der Waals surface area contributed by atoms with Gasteiger partial charge < -0.3 is 24.6 Å². The zero-order valence-corrected chi connectivity index (χ0v) is 16.9. The predicted octanol–water partition coefficient (Wildman–Crippen LogP) is 1.43. The highest BCUT2D eigenvalue weighted by Crippen LogP contribution is 2.29. The molecule has 0 radical (unpaired) electrons. The fourth-order valence-corrected chi connectivity index (χ4v) is 4.38. The van der Waals surface area contributed by atoms with Gasteiger partial charge in [0, 0.05) is 38.3 Å². The highest BCUT2D eigenvalue weighted by Gasteiger charge is 2.35. The normalized spacial score (nSPS) is 24.2. The molecule has 3 fully saturated rings. The summed E-state index contributed by atoms with van der Waals surface area (Å²) >= 11 is 0. The number of nitrogens with one attached hydrogen (secondary N) is 1. The summed E-state index contributed by atoms with van der Waals surface area (Å²) in [6.07, 6.45) is 5.92. The van der Waals surface area contributed by atoms with Crippen molar-refractivity contribution in [3.8, 4) is 5.75 Å². The first-order valence-corrected chi connectivity index (χ1v) is 10.8. The SMILES string of the molecule is O=C(COc1ccccc1)NC[C@@H]1CN(C2CCN(C3CCC3)CC2)C(=O)CO1. The van der Waals surface area contributed by atoms with Crippen molar-refractivity contribution in [2.75, 3.05) is 39.4 Å². The molecule has 0 spiro atoms. The van der Waals surface area contributed by atoms with Crippen molar-refractivity contribution < 1.29 is 19.1 Å². The maximum Gasteiger partial charge on any atom is 0.258 e. The lowest BCUT2D eigenvalue weighted by Gasteiger charge is -2.45. The first-order valence-electron chi connectivity index (χ1n) is 10.8. The van der Waals surface area contributed by atoms with Gasteiger partial charge in [-0.2, -0.15) is 0 Å². The lowest BCUT2D eigenvalue weighted by molar-refractivity contribution is -0.153. The number of amides is 2. The van der Waals surface area contributed by atoms with Gasteiger partial charge in [0.2, 0.25) is 5.91 Å². The zero-order chi connectivity index (χ0) is 20.1. The van der Waals surface area contributed by atoms with Gasteiger partial charge in [0.25, 0.3) is 5.91 Å². The van der Waals surface area contributed by atoms with E-state index >= 15 is 0 Å². The zero-order valence-electron chi connectivity index (χ0n) is 16.9. The van der Waals surface area contributed by atoms with Crippen molar-refractivity contribution in [3.05, 3.63) is 30.3 Å². The Morgan fingerprint density at radius 1 is 1.10 bits per heavy atom. The molecule has 7 heteroatoms. The maximum absolute atomic E-state index is 12.4. The second kappa shape index (κ2) is 9.59. The molecule has 0 unspecified atom stereocenters. The number of hydrogen-bond acceptors (Lipinski definition) is 5. The minimum atomic E-state index is -0.185. The van der Waals surface area contributed by atoms with Crippen LogP contribution in [0.15, 0.2) is 30.3 Å². The molecule has 2 aliphatic heterocycles. The highest BCUT2D eigenvalue weighted by molar-refractivity contribution is 5.79. The third kappa shape index (κ3) is 5.28. The van der Waals surface area contributed by atoms with Gasteiger partial charge in [0.05, 0.1) is 6.10 Å². The van der Waals surface area contributed by atoms with Crippen LogP contribution in [-0.4, -0.2) is 79.2 Å². The van der Waals surface area contributed by atoms with Crippen molar-refractivity contribution in [2.24, 2.45) is 0 Å². The van der Waals surface area contributed by atoms with Gasteiger partial charge in [-0.25, -0.2) is 0 Å². The van der Waals surface area contributed by atoms with Gasteiger partial charge in [-0.1, -0.05) is 24.6 Å². The minimum absolute atomic E-state index is 0.0288. The highest BCUT2D eigenvalue weighted by atomic mass is 16.5. The van der Waals surface area contributed by atoms with Crippen LogP contribution in [-0.2, 0) is 14.3 Å². The molecular weight excluding hydrogens is 370 g/mol. The fourth-order valence-electron chi connectivity index (χ4n) is 4.38. The Hall–Kier alpha value is -2.12. The van der Waals surface area contributed by atoms with Crippen LogP contribution in [0.5, 0.6) is 5.75 Å². The Labute approximate surface area is 172 Å². The summed E-state index contributed by atoms with van der Waals surface area (Å²) in [7, 11) is 0. The molecule has 2 heterocycles. The molecule has 4 rings (SSSR count). The van der Waals surface area contributed by atoms with Crippen LogP contribution >= 0.6 is 0 Å². The number of para-hydroxylation sites is 1. The molecule has 0 bridgehead atoms. The van der Waals surface area contributed by atoms with Crippen LogP contribution in [0.3, 0.4) is 0 Å². The Balaban J connectivity index is 1.19. The molecule has 29 heavy (non-hydrogen) atoms. The van der Waals surface area contributed by atoms with E-state index < -0.39 is 0 Å². The molecule has 3 aliphatic rings. The predicted molar refractivity (Wildman–Crippen MR) is 109 cm³/mol. The van der Waals surface area contributed by atoms with Crippen LogP contribution in [0, 0.1) is 0 Å². The van der Waals surface area contributed by atoms with Crippen molar-refractivity contribution in [1.82, 2.24) is 15.1 Å². The number of benzene rings is 1. The Kier molecular flexibility index (Phi) is 6.67. The topological polar surface area (TPSA) is 71.1 Å². The number of morpholine rings is 1. The molecule has 1 N–H and O–H groups in total. The van der Waals surface area contributed by atoms with Gasteiger partial charge in [-0.3, -0.25) is 9.59 Å². The molecule has 1 aromatic carbocycles. The maximum atomic E-state index is 12.4. The van der Waals surface area contributed by atoms with Crippen LogP contribution < -0.4 is 10.1 Å². The third-order valence-electron chi connectivity index (χ3n) is 6.33. The average molecular weight is 402 g/mol. The van der Waals surface area contributed by atoms with Crippen LogP contribution in [0.25, 0.3) is 0 Å². The molecular formula is C22H31N3O4. The van der Waals surface area contributed by atoms with E-state index in [-0.39, 0.29) is 31.1 Å².